The lowest BCUT2D eigenvalue weighted by Gasteiger charge is -2.24. The number of rotatable bonds is 8. The number of hydrogen-bond donors (Lipinski definition) is 3. The van der Waals surface area contributed by atoms with Crippen LogP contribution in [0.3, 0.4) is 0 Å². The third-order valence-electron chi connectivity index (χ3n) is 2.65. The molecule has 0 heterocycles. The van der Waals surface area contributed by atoms with E-state index in [0.29, 0.717) is 6.61 Å². The summed E-state index contributed by atoms with van der Waals surface area (Å²) in [7, 11) is 0. The second kappa shape index (κ2) is 10.4. The van der Waals surface area contributed by atoms with Gasteiger partial charge in [-0.2, -0.15) is 0 Å². The van der Waals surface area contributed by atoms with Crippen molar-refractivity contribution in [3.8, 4) is 0 Å². The van der Waals surface area contributed by atoms with Crippen LogP contribution in [0, 0.1) is 0 Å². The SMILES string of the molecule is CCCCOC(=O)[C@H](CO)NC(=S)[C@H](C)NC(=O)OC(C)(C)C. The fourth-order valence-corrected chi connectivity index (χ4v) is 1.64. The lowest BCUT2D eigenvalue weighted by Crippen LogP contribution is -2.51. The summed E-state index contributed by atoms with van der Waals surface area (Å²) in [5, 5.41) is 14.5. The quantitative estimate of drug-likeness (QED) is 0.348. The number of nitrogens with one attached hydrogen (secondary N) is 2. The fraction of sp³-hybridized carbons (Fsp3) is 0.800. The standard InChI is InChI=1S/C15H28N2O5S/c1-6-7-8-21-13(19)11(9-18)17-12(23)10(2)16-14(20)22-15(3,4)5/h10-11,18H,6-9H2,1-5H3,(H,16,20)(H,17,23)/t10-,11-/m0/s1. The summed E-state index contributed by atoms with van der Waals surface area (Å²) in [5.74, 6) is -0.576. The molecule has 0 aromatic heterocycles. The van der Waals surface area contributed by atoms with Gasteiger partial charge >= 0.3 is 12.1 Å². The van der Waals surface area contributed by atoms with Crippen LogP contribution in [0.1, 0.15) is 47.5 Å². The summed E-state index contributed by atoms with van der Waals surface area (Å²) >= 11 is 5.13. The Morgan fingerprint density at radius 1 is 1.26 bits per heavy atom. The summed E-state index contributed by atoms with van der Waals surface area (Å²) < 4.78 is 10.2. The predicted octanol–water partition coefficient (Wildman–Crippen LogP) is 1.52. The van der Waals surface area contributed by atoms with Gasteiger partial charge in [0.2, 0.25) is 0 Å². The number of thiocarbonyl (C=S) groups is 1. The highest BCUT2D eigenvalue weighted by Crippen LogP contribution is 2.07. The predicted molar refractivity (Wildman–Crippen MR) is 91.3 cm³/mol. The van der Waals surface area contributed by atoms with E-state index in [9.17, 15) is 14.7 Å². The molecule has 0 bridgehead atoms. The number of ether oxygens (including phenoxy) is 2. The lowest BCUT2D eigenvalue weighted by atomic mass is 10.2. The molecule has 0 aromatic carbocycles. The summed E-state index contributed by atoms with van der Waals surface area (Å²) in [6.45, 7) is 8.73. The Kier molecular flexibility index (Phi) is 9.74. The molecule has 2 atom stereocenters. The molecule has 0 rings (SSSR count). The highest BCUT2D eigenvalue weighted by Gasteiger charge is 2.24. The van der Waals surface area contributed by atoms with E-state index in [1.165, 1.54) is 0 Å². The van der Waals surface area contributed by atoms with Crippen LogP contribution < -0.4 is 10.6 Å². The van der Waals surface area contributed by atoms with Crippen LogP contribution in [0.15, 0.2) is 0 Å². The van der Waals surface area contributed by atoms with Gasteiger partial charge in [-0.05, 0) is 34.1 Å². The molecular weight excluding hydrogens is 320 g/mol. The Morgan fingerprint density at radius 3 is 2.35 bits per heavy atom. The smallest absolute Gasteiger partial charge is 0.408 e. The molecule has 0 saturated heterocycles. The molecule has 0 aromatic rings. The number of carbonyl (C=O) groups is 2. The van der Waals surface area contributed by atoms with Crippen molar-refractivity contribution in [1.82, 2.24) is 10.6 Å². The van der Waals surface area contributed by atoms with Gasteiger partial charge in [0.25, 0.3) is 0 Å². The van der Waals surface area contributed by atoms with Crippen molar-refractivity contribution in [2.75, 3.05) is 13.2 Å². The van der Waals surface area contributed by atoms with Crippen molar-refractivity contribution in [1.29, 1.82) is 0 Å². The molecule has 0 unspecified atom stereocenters. The van der Waals surface area contributed by atoms with Gasteiger partial charge in [0, 0.05) is 0 Å². The zero-order valence-corrected chi connectivity index (χ0v) is 15.3. The maximum atomic E-state index is 11.8. The van der Waals surface area contributed by atoms with E-state index in [-0.39, 0.29) is 4.99 Å². The zero-order chi connectivity index (χ0) is 18.0. The maximum absolute atomic E-state index is 11.8. The van der Waals surface area contributed by atoms with Gasteiger partial charge in [-0.15, -0.1) is 0 Å². The van der Waals surface area contributed by atoms with Crippen molar-refractivity contribution in [3.05, 3.63) is 0 Å². The molecule has 3 N–H and O–H groups in total. The second-order valence-electron chi connectivity index (χ2n) is 6.13. The van der Waals surface area contributed by atoms with Crippen LogP contribution in [0.2, 0.25) is 0 Å². The highest BCUT2D eigenvalue weighted by atomic mass is 32.1. The Labute approximate surface area is 143 Å². The Morgan fingerprint density at radius 2 is 1.87 bits per heavy atom. The first-order valence-corrected chi connectivity index (χ1v) is 8.09. The minimum atomic E-state index is -0.956. The zero-order valence-electron chi connectivity index (χ0n) is 14.5. The highest BCUT2D eigenvalue weighted by molar-refractivity contribution is 7.80. The molecule has 0 saturated carbocycles. The number of amides is 1. The largest absolute Gasteiger partial charge is 0.464 e. The number of aliphatic hydroxyl groups excluding tert-OH is 1. The number of unbranched alkanes of at least 4 members (excludes halogenated alkanes) is 1. The van der Waals surface area contributed by atoms with Crippen LogP contribution >= 0.6 is 12.2 Å². The molecule has 7 nitrogen and oxygen atoms in total. The van der Waals surface area contributed by atoms with Crippen molar-refractivity contribution < 1.29 is 24.2 Å². The van der Waals surface area contributed by atoms with Gasteiger partial charge in [0.05, 0.1) is 24.2 Å². The van der Waals surface area contributed by atoms with Crippen molar-refractivity contribution in [2.24, 2.45) is 0 Å². The molecular formula is C15H28N2O5S. The monoisotopic (exact) mass is 348 g/mol. The topological polar surface area (TPSA) is 96.9 Å². The summed E-state index contributed by atoms with van der Waals surface area (Å²) in [5.41, 5.74) is -0.616. The Hall–Kier alpha value is -1.41. The number of alkyl carbamates (subject to hydrolysis) is 1. The number of aliphatic hydroxyl groups is 1. The second-order valence-corrected chi connectivity index (χ2v) is 6.57. The van der Waals surface area contributed by atoms with Crippen LogP contribution in [0.5, 0.6) is 0 Å². The van der Waals surface area contributed by atoms with Gasteiger partial charge in [-0.25, -0.2) is 9.59 Å². The van der Waals surface area contributed by atoms with Crippen molar-refractivity contribution in [3.63, 3.8) is 0 Å². The molecule has 0 fully saturated rings. The summed E-state index contributed by atoms with van der Waals surface area (Å²) in [4.78, 5) is 23.7. The molecule has 8 heteroatoms. The minimum Gasteiger partial charge on any atom is -0.464 e. The minimum absolute atomic E-state index is 0.211. The van der Waals surface area contributed by atoms with Crippen LogP contribution in [0.25, 0.3) is 0 Å². The molecule has 134 valence electrons. The lowest BCUT2D eigenvalue weighted by molar-refractivity contribution is -0.146. The van der Waals surface area contributed by atoms with E-state index in [1.807, 2.05) is 6.92 Å². The molecule has 0 aliphatic rings. The third-order valence-corrected chi connectivity index (χ3v) is 3.12. The first kappa shape index (κ1) is 21.6. The average molecular weight is 348 g/mol. The molecule has 0 aliphatic carbocycles. The Bertz CT molecular complexity index is 409. The van der Waals surface area contributed by atoms with Crippen molar-refractivity contribution in [2.45, 2.75) is 65.1 Å². The number of hydrogen-bond acceptors (Lipinski definition) is 6. The van der Waals surface area contributed by atoms with Crippen LogP contribution in [-0.2, 0) is 14.3 Å². The van der Waals surface area contributed by atoms with Gasteiger partial charge in [0.1, 0.15) is 11.6 Å². The molecule has 0 spiro atoms. The summed E-state index contributed by atoms with van der Waals surface area (Å²) in [6.07, 6.45) is 1.05. The third kappa shape index (κ3) is 10.1. The molecule has 0 aliphatic heterocycles. The Balaban J connectivity index is 4.41. The van der Waals surface area contributed by atoms with Crippen molar-refractivity contribution >= 4 is 29.3 Å². The normalized spacial score (nSPS) is 13.7. The maximum Gasteiger partial charge on any atom is 0.408 e. The fourth-order valence-electron chi connectivity index (χ4n) is 1.44. The van der Waals surface area contributed by atoms with E-state index < -0.39 is 36.4 Å². The van der Waals surface area contributed by atoms with Crippen LogP contribution in [-0.4, -0.2) is 53.1 Å². The first-order chi connectivity index (χ1) is 10.6. The van der Waals surface area contributed by atoms with E-state index >= 15 is 0 Å². The van der Waals surface area contributed by atoms with E-state index in [2.05, 4.69) is 10.6 Å². The summed E-state index contributed by atoms with van der Waals surface area (Å²) in [6, 6.07) is -1.51. The molecule has 1 amide bonds. The van der Waals surface area contributed by atoms with Gasteiger partial charge in [-0.3, -0.25) is 0 Å². The van der Waals surface area contributed by atoms with Gasteiger partial charge in [0.15, 0.2) is 0 Å². The van der Waals surface area contributed by atoms with Gasteiger partial charge in [-0.1, -0.05) is 25.6 Å². The average Bonchev–Trinajstić information content (AvgIpc) is 2.42. The van der Waals surface area contributed by atoms with Crippen LogP contribution in [0.4, 0.5) is 4.79 Å². The molecule has 23 heavy (non-hydrogen) atoms. The van der Waals surface area contributed by atoms with E-state index in [1.54, 1.807) is 27.7 Å². The number of esters is 1. The van der Waals surface area contributed by atoms with E-state index in [4.69, 9.17) is 21.7 Å². The number of carbonyl (C=O) groups excluding carboxylic acids is 2. The van der Waals surface area contributed by atoms with Gasteiger partial charge < -0.3 is 25.2 Å². The molecule has 0 radical (unpaired) electrons. The van der Waals surface area contributed by atoms with E-state index in [0.717, 1.165) is 12.8 Å². The first-order valence-electron chi connectivity index (χ1n) is 7.68.